The molecule has 6 nitrogen and oxygen atoms in total. The van der Waals surface area contributed by atoms with Crippen molar-refractivity contribution in [2.24, 2.45) is 11.8 Å². The fourth-order valence-electron chi connectivity index (χ4n) is 2.57. The number of carboxylic acid groups (broad SMARTS) is 2. The first-order valence-electron chi connectivity index (χ1n) is 6.85. The fourth-order valence-corrected chi connectivity index (χ4v) is 2.57. The molecule has 0 saturated carbocycles. The zero-order valence-corrected chi connectivity index (χ0v) is 11.1. The molecule has 0 amide bonds. The van der Waals surface area contributed by atoms with Gasteiger partial charge in [-0.15, -0.1) is 0 Å². The first-order chi connectivity index (χ1) is 9.06. The summed E-state index contributed by atoms with van der Waals surface area (Å²) in [6.45, 7) is 2.00. The Morgan fingerprint density at radius 1 is 1.00 bits per heavy atom. The van der Waals surface area contributed by atoms with Gasteiger partial charge in [-0.1, -0.05) is 12.8 Å². The smallest absolute Gasteiger partial charge is 0.308 e. The van der Waals surface area contributed by atoms with E-state index in [0.717, 1.165) is 32.2 Å². The molecule has 1 aliphatic rings. The van der Waals surface area contributed by atoms with E-state index < -0.39 is 23.8 Å². The van der Waals surface area contributed by atoms with E-state index in [2.05, 4.69) is 0 Å². The first-order valence-corrected chi connectivity index (χ1v) is 6.85. The summed E-state index contributed by atoms with van der Waals surface area (Å²) in [6, 6.07) is 0. The standard InChI is InChI=1S/C13H23NO5/c15-8-4-2-1-3-6-14-7-5-10(12(16)17)11(9-14)13(18)19/h10-11,15H,1-9H2,(H,16,17)(H,18,19). The lowest BCUT2D eigenvalue weighted by Gasteiger charge is -2.34. The van der Waals surface area contributed by atoms with Crippen LogP contribution in [-0.2, 0) is 9.59 Å². The highest BCUT2D eigenvalue weighted by molar-refractivity contribution is 5.80. The van der Waals surface area contributed by atoms with Gasteiger partial charge in [-0.3, -0.25) is 9.59 Å². The normalized spacial score (nSPS) is 24.3. The SMILES string of the molecule is O=C(O)C1CCN(CCCCCCO)CC1C(=O)O. The van der Waals surface area contributed by atoms with Crippen LogP contribution in [-0.4, -0.2) is 58.4 Å². The summed E-state index contributed by atoms with van der Waals surface area (Å²) < 4.78 is 0. The van der Waals surface area contributed by atoms with Crippen LogP contribution >= 0.6 is 0 Å². The Hall–Kier alpha value is -1.14. The van der Waals surface area contributed by atoms with Gasteiger partial charge in [-0.25, -0.2) is 0 Å². The summed E-state index contributed by atoms with van der Waals surface area (Å²) >= 11 is 0. The molecule has 1 heterocycles. The molecule has 2 unspecified atom stereocenters. The zero-order chi connectivity index (χ0) is 14.3. The zero-order valence-electron chi connectivity index (χ0n) is 11.1. The van der Waals surface area contributed by atoms with Crippen LogP contribution in [0, 0.1) is 11.8 Å². The van der Waals surface area contributed by atoms with E-state index in [1.807, 2.05) is 4.90 Å². The Labute approximate surface area is 113 Å². The van der Waals surface area contributed by atoms with Crippen molar-refractivity contribution in [1.82, 2.24) is 4.90 Å². The number of likely N-dealkylation sites (tertiary alicyclic amines) is 1. The molecule has 3 N–H and O–H groups in total. The van der Waals surface area contributed by atoms with Crippen molar-refractivity contribution in [3.8, 4) is 0 Å². The van der Waals surface area contributed by atoms with Gasteiger partial charge in [-0.05, 0) is 32.4 Å². The highest BCUT2D eigenvalue weighted by atomic mass is 16.4. The number of hydrogen-bond donors (Lipinski definition) is 3. The van der Waals surface area contributed by atoms with E-state index in [1.54, 1.807) is 0 Å². The van der Waals surface area contributed by atoms with Gasteiger partial charge < -0.3 is 20.2 Å². The van der Waals surface area contributed by atoms with Crippen molar-refractivity contribution >= 4 is 11.9 Å². The molecule has 1 aliphatic heterocycles. The molecule has 0 aromatic carbocycles. The van der Waals surface area contributed by atoms with Gasteiger partial charge in [0.05, 0.1) is 11.8 Å². The second-order valence-corrected chi connectivity index (χ2v) is 5.12. The topological polar surface area (TPSA) is 98.1 Å². The quantitative estimate of drug-likeness (QED) is 0.562. The van der Waals surface area contributed by atoms with Gasteiger partial charge >= 0.3 is 11.9 Å². The van der Waals surface area contributed by atoms with E-state index in [1.165, 1.54) is 0 Å². The third-order valence-corrected chi connectivity index (χ3v) is 3.71. The summed E-state index contributed by atoms with van der Waals surface area (Å²) in [5.41, 5.74) is 0. The molecule has 0 spiro atoms. The summed E-state index contributed by atoms with van der Waals surface area (Å²) in [7, 11) is 0. The number of nitrogens with zero attached hydrogens (tertiary/aromatic N) is 1. The van der Waals surface area contributed by atoms with Gasteiger partial charge in [-0.2, -0.15) is 0 Å². The predicted molar refractivity (Wildman–Crippen MR) is 68.9 cm³/mol. The Kier molecular flexibility index (Phi) is 6.80. The predicted octanol–water partition coefficient (Wildman–Crippen LogP) is 0.646. The maximum atomic E-state index is 11.1. The molecule has 0 aromatic heterocycles. The number of unbranched alkanes of at least 4 members (excludes halogenated alkanes) is 3. The van der Waals surface area contributed by atoms with E-state index in [0.29, 0.717) is 19.5 Å². The molecule has 19 heavy (non-hydrogen) atoms. The fraction of sp³-hybridized carbons (Fsp3) is 0.846. The van der Waals surface area contributed by atoms with Crippen LogP contribution < -0.4 is 0 Å². The van der Waals surface area contributed by atoms with Crippen LogP contribution in [0.4, 0.5) is 0 Å². The molecule has 0 bridgehead atoms. The molecule has 0 aromatic rings. The number of piperidine rings is 1. The summed E-state index contributed by atoms with van der Waals surface area (Å²) in [6.07, 6.45) is 4.16. The molecule has 1 fully saturated rings. The van der Waals surface area contributed by atoms with Crippen molar-refractivity contribution in [1.29, 1.82) is 0 Å². The molecular weight excluding hydrogens is 250 g/mol. The Morgan fingerprint density at radius 2 is 1.63 bits per heavy atom. The molecular formula is C13H23NO5. The summed E-state index contributed by atoms with van der Waals surface area (Å²) in [4.78, 5) is 24.2. The highest BCUT2D eigenvalue weighted by Gasteiger charge is 2.38. The van der Waals surface area contributed by atoms with E-state index in [9.17, 15) is 9.59 Å². The number of carboxylic acids is 2. The van der Waals surface area contributed by atoms with Crippen LogP contribution in [0.3, 0.4) is 0 Å². The van der Waals surface area contributed by atoms with Crippen LogP contribution in [0.25, 0.3) is 0 Å². The molecule has 6 heteroatoms. The van der Waals surface area contributed by atoms with E-state index in [-0.39, 0.29) is 6.61 Å². The Balaban J connectivity index is 2.35. The molecule has 0 radical (unpaired) electrons. The second kappa shape index (κ2) is 8.12. The van der Waals surface area contributed by atoms with E-state index in [4.69, 9.17) is 15.3 Å². The lowest BCUT2D eigenvalue weighted by Crippen LogP contribution is -2.46. The van der Waals surface area contributed by atoms with Crippen LogP contribution in [0.5, 0.6) is 0 Å². The molecule has 110 valence electrons. The molecule has 2 atom stereocenters. The summed E-state index contributed by atoms with van der Waals surface area (Å²) in [5.74, 6) is -3.58. The maximum absolute atomic E-state index is 11.1. The van der Waals surface area contributed by atoms with Gasteiger partial charge in [0.25, 0.3) is 0 Å². The Morgan fingerprint density at radius 3 is 2.21 bits per heavy atom. The van der Waals surface area contributed by atoms with E-state index >= 15 is 0 Å². The molecule has 1 rings (SSSR count). The number of aliphatic carboxylic acids is 2. The maximum Gasteiger partial charge on any atom is 0.308 e. The number of hydrogen-bond acceptors (Lipinski definition) is 4. The first kappa shape index (κ1) is 15.9. The minimum absolute atomic E-state index is 0.213. The van der Waals surface area contributed by atoms with Crippen molar-refractivity contribution in [2.75, 3.05) is 26.2 Å². The monoisotopic (exact) mass is 273 g/mol. The third-order valence-electron chi connectivity index (χ3n) is 3.71. The Bertz CT molecular complexity index is 307. The van der Waals surface area contributed by atoms with Gasteiger partial charge in [0.1, 0.15) is 0 Å². The highest BCUT2D eigenvalue weighted by Crippen LogP contribution is 2.24. The molecule has 1 saturated heterocycles. The second-order valence-electron chi connectivity index (χ2n) is 5.12. The average Bonchev–Trinajstić information content (AvgIpc) is 2.38. The lowest BCUT2D eigenvalue weighted by molar-refractivity contribution is -0.157. The average molecular weight is 273 g/mol. The summed E-state index contributed by atoms with van der Waals surface area (Å²) in [5, 5.41) is 26.8. The van der Waals surface area contributed by atoms with Gasteiger partial charge in [0.15, 0.2) is 0 Å². The minimum atomic E-state index is -1.02. The van der Waals surface area contributed by atoms with Gasteiger partial charge in [0, 0.05) is 13.2 Å². The van der Waals surface area contributed by atoms with Crippen molar-refractivity contribution in [3.63, 3.8) is 0 Å². The van der Waals surface area contributed by atoms with Crippen LogP contribution in [0.15, 0.2) is 0 Å². The number of rotatable bonds is 8. The minimum Gasteiger partial charge on any atom is -0.481 e. The van der Waals surface area contributed by atoms with Crippen LogP contribution in [0.2, 0.25) is 0 Å². The van der Waals surface area contributed by atoms with Crippen molar-refractivity contribution in [2.45, 2.75) is 32.1 Å². The van der Waals surface area contributed by atoms with Gasteiger partial charge in [0.2, 0.25) is 0 Å². The lowest BCUT2D eigenvalue weighted by atomic mass is 9.85. The number of aliphatic hydroxyl groups excluding tert-OH is 1. The number of aliphatic hydroxyl groups is 1. The van der Waals surface area contributed by atoms with Crippen molar-refractivity contribution < 1.29 is 24.9 Å². The van der Waals surface area contributed by atoms with Crippen molar-refractivity contribution in [3.05, 3.63) is 0 Å². The third kappa shape index (κ3) is 5.16. The number of carbonyl (C=O) groups is 2. The van der Waals surface area contributed by atoms with Crippen LogP contribution in [0.1, 0.15) is 32.1 Å². The largest absolute Gasteiger partial charge is 0.481 e. The molecule has 0 aliphatic carbocycles.